The summed E-state index contributed by atoms with van der Waals surface area (Å²) in [6, 6.07) is 9.59. The number of fused-ring (bicyclic) bond motifs is 3. The highest BCUT2D eigenvalue weighted by Gasteiger charge is 2.60. The standard InChI is InChI=1S/C31H34N2O7/c1-30(2,3)16-8-6-14(7-9-16)18-13-20(33(4)5)19-11-15-10-17-12-21(34)24(29(32)39)28(38)31(17,40)27(37)22(15)26(36)23(19)25(18)35/h6-9,13,15,17,35-36,38,40H,10-12H2,1-5H3,(H2,32,39)/t15-,17+,31+/m1/s1. The van der Waals surface area contributed by atoms with Crippen LogP contribution in [0.1, 0.15) is 50.3 Å². The Morgan fingerprint density at radius 3 is 2.23 bits per heavy atom. The van der Waals surface area contributed by atoms with Crippen molar-refractivity contribution in [3.05, 3.63) is 63.9 Å². The molecule has 5 rings (SSSR count). The second-order valence-corrected chi connectivity index (χ2v) is 12.3. The molecule has 2 aromatic rings. The number of nitrogens with two attached hydrogens (primary N) is 1. The number of anilines is 1. The number of benzene rings is 2. The minimum absolute atomic E-state index is 0.0690. The molecule has 0 aromatic heterocycles. The highest BCUT2D eigenvalue weighted by molar-refractivity contribution is 6.22. The van der Waals surface area contributed by atoms with Gasteiger partial charge in [0.05, 0.1) is 5.56 Å². The quantitative estimate of drug-likeness (QED) is 0.366. The van der Waals surface area contributed by atoms with E-state index in [0.717, 1.165) is 11.3 Å². The Morgan fingerprint density at radius 2 is 1.68 bits per heavy atom. The molecule has 1 saturated carbocycles. The van der Waals surface area contributed by atoms with Gasteiger partial charge in [0.15, 0.2) is 11.4 Å². The number of ketones is 2. The van der Waals surface area contributed by atoms with E-state index in [4.69, 9.17) is 5.73 Å². The van der Waals surface area contributed by atoms with E-state index in [0.29, 0.717) is 16.7 Å². The van der Waals surface area contributed by atoms with Gasteiger partial charge in [-0.25, -0.2) is 0 Å². The van der Waals surface area contributed by atoms with Gasteiger partial charge in [-0.2, -0.15) is 0 Å². The van der Waals surface area contributed by atoms with Crippen LogP contribution in [0.15, 0.2) is 47.2 Å². The van der Waals surface area contributed by atoms with Gasteiger partial charge in [-0.3, -0.25) is 14.4 Å². The molecule has 0 saturated heterocycles. The first-order valence-electron chi connectivity index (χ1n) is 13.2. The number of aliphatic hydroxyl groups is 3. The average Bonchev–Trinajstić information content (AvgIpc) is 2.85. The van der Waals surface area contributed by atoms with Crippen molar-refractivity contribution in [2.24, 2.45) is 17.6 Å². The minimum atomic E-state index is -2.59. The zero-order chi connectivity index (χ0) is 29.5. The fraction of sp³-hybridized carbons (Fsp3) is 0.387. The first-order chi connectivity index (χ1) is 18.6. The van der Waals surface area contributed by atoms with Gasteiger partial charge >= 0.3 is 0 Å². The van der Waals surface area contributed by atoms with Gasteiger partial charge in [0, 0.05) is 43.3 Å². The van der Waals surface area contributed by atoms with Crippen LogP contribution < -0.4 is 10.6 Å². The number of rotatable bonds is 3. The van der Waals surface area contributed by atoms with Crippen LogP contribution in [0, 0.1) is 11.8 Å². The predicted molar refractivity (Wildman–Crippen MR) is 150 cm³/mol. The summed E-state index contributed by atoms with van der Waals surface area (Å²) in [7, 11) is 3.68. The SMILES string of the molecule is CN(C)c1cc(-c2ccc(C(C)(C)C)cc2)c(O)c2c1C[C@H]1C[C@H]3CC(=O)C(C(N)=O)=C(O)[C@@]3(O)C(=O)C1=C2O. The Labute approximate surface area is 232 Å². The topological polar surface area (TPSA) is 161 Å². The van der Waals surface area contributed by atoms with Gasteiger partial charge in [0.25, 0.3) is 5.91 Å². The number of amides is 1. The van der Waals surface area contributed by atoms with Crippen LogP contribution in [0.4, 0.5) is 5.69 Å². The number of aromatic hydroxyl groups is 1. The zero-order valence-corrected chi connectivity index (χ0v) is 23.2. The van der Waals surface area contributed by atoms with Crippen molar-refractivity contribution < 1.29 is 34.8 Å². The van der Waals surface area contributed by atoms with Crippen LogP contribution in [-0.4, -0.2) is 57.6 Å². The van der Waals surface area contributed by atoms with Gasteiger partial charge in [-0.05, 0) is 46.9 Å². The molecule has 9 heteroatoms. The van der Waals surface area contributed by atoms with Crippen molar-refractivity contribution in [2.75, 3.05) is 19.0 Å². The van der Waals surface area contributed by atoms with Gasteiger partial charge in [0.1, 0.15) is 22.8 Å². The van der Waals surface area contributed by atoms with E-state index >= 15 is 0 Å². The second kappa shape index (κ2) is 8.96. The van der Waals surface area contributed by atoms with Crippen molar-refractivity contribution in [3.63, 3.8) is 0 Å². The number of primary amides is 1. The summed E-state index contributed by atoms with van der Waals surface area (Å²) in [6.07, 6.45) is -0.0114. The molecule has 40 heavy (non-hydrogen) atoms. The number of phenols is 1. The van der Waals surface area contributed by atoms with Gasteiger partial charge < -0.3 is 31.1 Å². The van der Waals surface area contributed by atoms with Crippen LogP contribution in [0.3, 0.4) is 0 Å². The monoisotopic (exact) mass is 546 g/mol. The first-order valence-corrected chi connectivity index (χ1v) is 13.2. The summed E-state index contributed by atoms with van der Waals surface area (Å²) in [5.74, 6) is -6.38. The molecule has 3 aliphatic rings. The summed E-state index contributed by atoms with van der Waals surface area (Å²) in [6.45, 7) is 6.30. The van der Waals surface area contributed by atoms with Crippen LogP contribution in [0.5, 0.6) is 5.75 Å². The number of aliphatic hydroxyl groups excluding tert-OH is 2. The van der Waals surface area contributed by atoms with E-state index in [1.165, 1.54) is 0 Å². The maximum absolute atomic E-state index is 13.8. The summed E-state index contributed by atoms with van der Waals surface area (Å²) in [5, 5.41) is 45.3. The van der Waals surface area contributed by atoms with E-state index in [1.54, 1.807) is 0 Å². The number of carbonyl (C=O) groups is 3. The zero-order valence-electron chi connectivity index (χ0n) is 23.2. The Hall–Kier alpha value is -4.11. The van der Waals surface area contributed by atoms with Crippen molar-refractivity contribution in [2.45, 2.75) is 51.0 Å². The number of hydrogen-bond acceptors (Lipinski definition) is 8. The Balaban J connectivity index is 1.71. The molecule has 210 valence electrons. The van der Waals surface area contributed by atoms with Gasteiger partial charge in [0.2, 0.25) is 5.78 Å². The smallest absolute Gasteiger partial charge is 0.255 e. The largest absolute Gasteiger partial charge is 0.508 e. The Bertz CT molecular complexity index is 1540. The number of Topliss-reactive ketones (excluding diaryl/α,β-unsaturated/α-hetero) is 2. The van der Waals surface area contributed by atoms with E-state index in [1.807, 2.05) is 49.3 Å². The van der Waals surface area contributed by atoms with E-state index in [-0.39, 0.29) is 41.6 Å². The number of hydrogen-bond donors (Lipinski definition) is 5. The van der Waals surface area contributed by atoms with Gasteiger partial charge in [-0.1, -0.05) is 45.0 Å². The Kier molecular flexibility index (Phi) is 6.15. The van der Waals surface area contributed by atoms with Crippen molar-refractivity contribution in [3.8, 4) is 16.9 Å². The fourth-order valence-electron chi connectivity index (χ4n) is 6.44. The molecule has 6 N–H and O–H groups in total. The van der Waals surface area contributed by atoms with Crippen LogP contribution in [0.2, 0.25) is 0 Å². The highest BCUT2D eigenvalue weighted by Crippen LogP contribution is 2.54. The van der Waals surface area contributed by atoms with Crippen molar-refractivity contribution in [1.29, 1.82) is 0 Å². The first kappa shape index (κ1) is 27.5. The molecule has 3 atom stereocenters. The molecule has 3 aliphatic carbocycles. The molecule has 0 bridgehead atoms. The summed E-state index contributed by atoms with van der Waals surface area (Å²) in [4.78, 5) is 40.1. The second-order valence-electron chi connectivity index (χ2n) is 12.3. The third-order valence-electron chi connectivity index (χ3n) is 8.58. The third kappa shape index (κ3) is 3.83. The minimum Gasteiger partial charge on any atom is -0.508 e. The number of phenolic OH excluding ortho intramolecular Hbond substituents is 1. The maximum Gasteiger partial charge on any atom is 0.255 e. The lowest BCUT2D eigenvalue weighted by Gasteiger charge is -2.46. The maximum atomic E-state index is 13.8. The summed E-state index contributed by atoms with van der Waals surface area (Å²) < 4.78 is 0. The number of nitrogens with zero attached hydrogens (tertiary/aromatic N) is 1. The molecular weight excluding hydrogens is 512 g/mol. The lowest BCUT2D eigenvalue weighted by molar-refractivity contribution is -0.147. The highest BCUT2D eigenvalue weighted by atomic mass is 16.3. The lowest BCUT2D eigenvalue weighted by Crippen LogP contribution is -2.58. The summed E-state index contributed by atoms with van der Waals surface area (Å²) in [5.41, 5.74) is 5.36. The molecule has 1 fully saturated rings. The van der Waals surface area contributed by atoms with Crippen molar-refractivity contribution >= 4 is 28.9 Å². The molecule has 1 amide bonds. The van der Waals surface area contributed by atoms with E-state index < -0.39 is 52.0 Å². The number of carbonyl (C=O) groups excluding carboxylic acids is 3. The molecule has 0 radical (unpaired) electrons. The molecule has 0 spiro atoms. The van der Waals surface area contributed by atoms with Crippen LogP contribution in [-0.2, 0) is 26.2 Å². The predicted octanol–water partition coefficient (Wildman–Crippen LogP) is 3.45. The molecule has 2 aromatic carbocycles. The fourth-order valence-corrected chi connectivity index (χ4v) is 6.44. The van der Waals surface area contributed by atoms with Crippen molar-refractivity contribution in [1.82, 2.24) is 0 Å². The molecule has 0 heterocycles. The van der Waals surface area contributed by atoms with Crippen LogP contribution in [0.25, 0.3) is 16.9 Å². The normalized spacial score (nSPS) is 24.4. The lowest BCUT2D eigenvalue weighted by atomic mass is 9.59. The Morgan fingerprint density at radius 1 is 1.05 bits per heavy atom. The van der Waals surface area contributed by atoms with Gasteiger partial charge in [-0.15, -0.1) is 0 Å². The summed E-state index contributed by atoms with van der Waals surface area (Å²) >= 11 is 0. The average molecular weight is 547 g/mol. The molecular formula is C31H34N2O7. The molecule has 0 aliphatic heterocycles. The third-order valence-corrected chi connectivity index (χ3v) is 8.58. The van der Waals surface area contributed by atoms with Crippen LogP contribution >= 0.6 is 0 Å². The molecule has 0 unspecified atom stereocenters. The van der Waals surface area contributed by atoms with E-state index in [2.05, 4.69) is 20.8 Å². The van der Waals surface area contributed by atoms with E-state index in [9.17, 15) is 34.8 Å². The molecule has 9 nitrogen and oxygen atoms in total.